The summed E-state index contributed by atoms with van der Waals surface area (Å²) >= 11 is 0. The molecular weight excluding hydrogens is 343 g/mol. The van der Waals surface area contributed by atoms with Crippen LogP contribution in [0.4, 0.5) is 0 Å². The topological polar surface area (TPSA) is 48.1 Å². The molecule has 0 saturated heterocycles. The summed E-state index contributed by atoms with van der Waals surface area (Å²) in [6.07, 6.45) is 3.59. The largest absolute Gasteiger partial charge is 0.488 e. The molecule has 1 aromatic heterocycles. The van der Waals surface area contributed by atoms with Crippen molar-refractivity contribution >= 4 is 24.8 Å². The van der Waals surface area contributed by atoms with Crippen LogP contribution in [0.15, 0.2) is 73.1 Å². The summed E-state index contributed by atoms with van der Waals surface area (Å²) in [7, 11) is 0. The van der Waals surface area contributed by atoms with Crippen molar-refractivity contribution in [1.29, 1.82) is 0 Å². The average Bonchev–Trinajstić information content (AvgIpc) is 2.61. The van der Waals surface area contributed by atoms with Gasteiger partial charge in [-0.1, -0.05) is 48.5 Å². The first kappa shape index (κ1) is 20.0. The van der Waals surface area contributed by atoms with E-state index in [0.29, 0.717) is 13.2 Å². The molecule has 1 heterocycles. The smallest absolute Gasteiger partial charge is 0.127 e. The molecule has 0 bridgehead atoms. The lowest BCUT2D eigenvalue weighted by Crippen LogP contribution is -2.01. The standard InChI is InChI=1S/C19H18N2O.2ClH/c20-12-16-13-21-11-10-17(16)18-8-4-5-9-19(18)22-14-15-6-2-1-3-7-15;;/h1-11,13H,12,14,20H2;2*1H. The molecule has 0 aliphatic heterocycles. The van der Waals surface area contributed by atoms with Gasteiger partial charge in [-0.25, -0.2) is 0 Å². The van der Waals surface area contributed by atoms with E-state index in [1.165, 1.54) is 0 Å². The quantitative estimate of drug-likeness (QED) is 0.719. The molecule has 0 radical (unpaired) electrons. The SMILES string of the molecule is Cl.Cl.NCc1cnccc1-c1ccccc1OCc1ccccc1. The van der Waals surface area contributed by atoms with Crippen LogP contribution in [0.3, 0.4) is 0 Å². The minimum Gasteiger partial charge on any atom is -0.488 e. The van der Waals surface area contributed by atoms with Crippen molar-refractivity contribution in [1.82, 2.24) is 4.98 Å². The number of benzene rings is 2. The molecule has 0 aliphatic rings. The van der Waals surface area contributed by atoms with Crippen LogP contribution in [0.1, 0.15) is 11.1 Å². The van der Waals surface area contributed by atoms with Crippen LogP contribution in [0.25, 0.3) is 11.1 Å². The second-order valence-corrected chi connectivity index (χ2v) is 5.01. The van der Waals surface area contributed by atoms with Gasteiger partial charge in [-0.3, -0.25) is 4.98 Å². The van der Waals surface area contributed by atoms with Crippen molar-refractivity contribution in [3.05, 3.63) is 84.2 Å². The van der Waals surface area contributed by atoms with E-state index in [2.05, 4.69) is 23.2 Å². The molecule has 2 aromatic carbocycles. The molecule has 0 fully saturated rings. The van der Waals surface area contributed by atoms with E-state index in [1.54, 1.807) is 6.20 Å². The molecule has 24 heavy (non-hydrogen) atoms. The predicted molar refractivity (Wildman–Crippen MR) is 103 cm³/mol. The Kier molecular flexibility index (Phi) is 8.27. The Morgan fingerprint density at radius 1 is 0.833 bits per heavy atom. The Morgan fingerprint density at radius 3 is 2.29 bits per heavy atom. The molecule has 2 N–H and O–H groups in total. The van der Waals surface area contributed by atoms with Crippen LogP contribution in [0.5, 0.6) is 5.75 Å². The monoisotopic (exact) mass is 362 g/mol. The lowest BCUT2D eigenvalue weighted by Gasteiger charge is -2.14. The molecule has 5 heteroatoms. The predicted octanol–water partition coefficient (Wildman–Crippen LogP) is 4.63. The number of pyridine rings is 1. The Hall–Kier alpha value is -2.07. The molecule has 0 spiro atoms. The zero-order valence-electron chi connectivity index (χ0n) is 13.1. The van der Waals surface area contributed by atoms with Crippen molar-refractivity contribution in [2.24, 2.45) is 5.73 Å². The average molecular weight is 363 g/mol. The van der Waals surface area contributed by atoms with E-state index in [0.717, 1.165) is 28.0 Å². The van der Waals surface area contributed by atoms with Gasteiger partial charge < -0.3 is 10.5 Å². The van der Waals surface area contributed by atoms with Gasteiger partial charge >= 0.3 is 0 Å². The first-order valence-electron chi connectivity index (χ1n) is 7.27. The number of halogens is 2. The van der Waals surface area contributed by atoms with Gasteiger partial charge in [0.15, 0.2) is 0 Å². The van der Waals surface area contributed by atoms with Gasteiger partial charge in [-0.05, 0) is 28.8 Å². The van der Waals surface area contributed by atoms with Gasteiger partial charge in [0.05, 0.1) is 0 Å². The molecule has 3 rings (SSSR count). The highest BCUT2D eigenvalue weighted by Gasteiger charge is 2.09. The fourth-order valence-corrected chi connectivity index (χ4v) is 2.40. The normalized spacial score (nSPS) is 9.54. The Bertz CT molecular complexity index is 751. The Balaban J connectivity index is 0.00000144. The van der Waals surface area contributed by atoms with Gasteiger partial charge in [-0.15, -0.1) is 24.8 Å². The number of para-hydroxylation sites is 1. The Morgan fingerprint density at radius 2 is 1.54 bits per heavy atom. The number of rotatable bonds is 5. The maximum absolute atomic E-state index is 6.02. The fourth-order valence-electron chi connectivity index (χ4n) is 2.40. The molecule has 0 unspecified atom stereocenters. The summed E-state index contributed by atoms with van der Waals surface area (Å²) in [4.78, 5) is 4.14. The van der Waals surface area contributed by atoms with E-state index in [4.69, 9.17) is 10.5 Å². The van der Waals surface area contributed by atoms with Crippen molar-refractivity contribution in [3.63, 3.8) is 0 Å². The lowest BCUT2D eigenvalue weighted by atomic mass is 10.0. The maximum Gasteiger partial charge on any atom is 0.127 e. The van der Waals surface area contributed by atoms with Crippen molar-refractivity contribution in [2.75, 3.05) is 0 Å². The summed E-state index contributed by atoms with van der Waals surface area (Å²) in [6, 6.07) is 20.1. The molecular formula is C19H20Cl2N2O. The van der Waals surface area contributed by atoms with Crippen molar-refractivity contribution in [3.8, 4) is 16.9 Å². The maximum atomic E-state index is 6.02. The van der Waals surface area contributed by atoms with E-state index in [-0.39, 0.29) is 24.8 Å². The van der Waals surface area contributed by atoms with Gasteiger partial charge in [-0.2, -0.15) is 0 Å². The summed E-state index contributed by atoms with van der Waals surface area (Å²) < 4.78 is 6.02. The van der Waals surface area contributed by atoms with Crippen molar-refractivity contribution in [2.45, 2.75) is 13.2 Å². The first-order valence-corrected chi connectivity index (χ1v) is 7.27. The van der Waals surface area contributed by atoms with Crippen LogP contribution >= 0.6 is 24.8 Å². The van der Waals surface area contributed by atoms with Crippen LogP contribution in [-0.2, 0) is 13.2 Å². The number of hydrogen-bond donors (Lipinski definition) is 1. The van der Waals surface area contributed by atoms with Crippen LogP contribution in [-0.4, -0.2) is 4.98 Å². The van der Waals surface area contributed by atoms with E-state index < -0.39 is 0 Å². The highest BCUT2D eigenvalue weighted by atomic mass is 35.5. The zero-order chi connectivity index (χ0) is 15.2. The van der Waals surface area contributed by atoms with Gasteiger partial charge in [0.1, 0.15) is 12.4 Å². The first-order chi connectivity index (χ1) is 10.9. The third-order valence-electron chi connectivity index (χ3n) is 3.54. The number of nitrogens with two attached hydrogens (primary N) is 1. The van der Waals surface area contributed by atoms with Crippen LogP contribution in [0, 0.1) is 0 Å². The highest BCUT2D eigenvalue weighted by molar-refractivity contribution is 5.85. The van der Waals surface area contributed by atoms with Crippen molar-refractivity contribution < 1.29 is 4.74 Å². The van der Waals surface area contributed by atoms with E-state index in [9.17, 15) is 0 Å². The summed E-state index contributed by atoms with van der Waals surface area (Å²) in [6.45, 7) is 0.997. The number of ether oxygens (including phenoxy) is 1. The highest BCUT2D eigenvalue weighted by Crippen LogP contribution is 2.32. The summed E-state index contributed by atoms with van der Waals surface area (Å²) in [5.41, 5.74) is 10.1. The third-order valence-corrected chi connectivity index (χ3v) is 3.54. The second-order valence-electron chi connectivity index (χ2n) is 5.01. The third kappa shape index (κ3) is 4.71. The molecule has 0 aliphatic carbocycles. The molecule has 0 saturated carbocycles. The summed E-state index contributed by atoms with van der Waals surface area (Å²) in [5.74, 6) is 0.854. The van der Waals surface area contributed by atoms with Crippen LogP contribution < -0.4 is 10.5 Å². The summed E-state index contributed by atoms with van der Waals surface area (Å²) in [5, 5.41) is 0. The van der Waals surface area contributed by atoms with Crippen LogP contribution in [0.2, 0.25) is 0 Å². The molecule has 126 valence electrons. The fraction of sp³-hybridized carbons (Fsp3) is 0.105. The number of hydrogen-bond acceptors (Lipinski definition) is 3. The molecule has 0 atom stereocenters. The zero-order valence-corrected chi connectivity index (χ0v) is 14.7. The van der Waals surface area contributed by atoms with E-state index in [1.807, 2.05) is 48.7 Å². The molecule has 3 aromatic rings. The minimum atomic E-state index is 0. The number of aromatic nitrogens is 1. The molecule has 3 nitrogen and oxygen atoms in total. The molecule has 0 amide bonds. The lowest BCUT2D eigenvalue weighted by molar-refractivity contribution is 0.307. The second kappa shape index (κ2) is 9.93. The van der Waals surface area contributed by atoms with Gasteiger partial charge in [0, 0.05) is 24.5 Å². The van der Waals surface area contributed by atoms with Gasteiger partial charge in [0.25, 0.3) is 0 Å². The minimum absolute atomic E-state index is 0. The Labute approximate surface area is 154 Å². The van der Waals surface area contributed by atoms with E-state index >= 15 is 0 Å². The number of nitrogens with zero attached hydrogens (tertiary/aromatic N) is 1. The van der Waals surface area contributed by atoms with Gasteiger partial charge in [0.2, 0.25) is 0 Å².